The van der Waals surface area contributed by atoms with Crippen LogP contribution in [0.5, 0.6) is 0 Å². The number of hydrogen-bond acceptors (Lipinski definition) is 5. The lowest BCUT2D eigenvalue weighted by Crippen LogP contribution is -2.56. The molecule has 0 bridgehead atoms. The molecule has 1 N–H and O–H groups in total. The van der Waals surface area contributed by atoms with E-state index in [1.165, 1.54) is 42.4 Å². The Morgan fingerprint density at radius 2 is 1.79 bits per heavy atom. The second-order valence-corrected chi connectivity index (χ2v) is 8.74. The van der Waals surface area contributed by atoms with E-state index in [9.17, 15) is 0 Å². The van der Waals surface area contributed by atoms with Gasteiger partial charge in [-0.05, 0) is 62.4 Å². The number of nitrogens with one attached hydrogen (secondary N) is 1. The maximum atomic E-state index is 4.88. The first-order chi connectivity index (χ1) is 14.3. The smallest absolute Gasteiger partial charge is 0.126 e. The average molecular weight is 408 g/mol. The Morgan fingerprint density at radius 3 is 2.52 bits per heavy atom. The fourth-order valence-corrected chi connectivity index (χ4v) is 5.18. The van der Waals surface area contributed by atoms with Crippen molar-refractivity contribution in [1.82, 2.24) is 20.0 Å². The van der Waals surface area contributed by atoms with Crippen molar-refractivity contribution in [3.8, 4) is 5.69 Å². The van der Waals surface area contributed by atoms with Gasteiger partial charge in [-0.1, -0.05) is 18.2 Å². The van der Waals surface area contributed by atoms with E-state index in [1.807, 2.05) is 0 Å². The highest BCUT2D eigenvalue weighted by Gasteiger charge is 2.25. The molecule has 2 fully saturated rings. The average Bonchev–Trinajstić information content (AvgIpc) is 3.18. The third-order valence-electron chi connectivity index (χ3n) is 6.23. The van der Waals surface area contributed by atoms with E-state index in [0.29, 0.717) is 6.17 Å². The number of fused-ring (bicyclic) bond motifs is 1. The third-order valence-corrected chi connectivity index (χ3v) is 6.92. The molecular weight excluding hydrogens is 378 g/mol. The summed E-state index contributed by atoms with van der Waals surface area (Å²) in [4.78, 5) is 5.16. The van der Waals surface area contributed by atoms with Crippen LogP contribution in [0.1, 0.15) is 19.3 Å². The molecule has 0 saturated carbocycles. The summed E-state index contributed by atoms with van der Waals surface area (Å²) in [5.74, 6) is 0. The molecule has 0 amide bonds. The topological polar surface area (TPSA) is 36.3 Å². The van der Waals surface area contributed by atoms with Crippen molar-refractivity contribution in [3.63, 3.8) is 0 Å². The lowest BCUT2D eigenvalue weighted by molar-refractivity contribution is 0.130. The molecule has 1 atom stereocenters. The molecule has 152 valence electrons. The zero-order valence-corrected chi connectivity index (χ0v) is 17.9. The van der Waals surface area contributed by atoms with Crippen LogP contribution in [0.15, 0.2) is 53.6 Å². The minimum atomic E-state index is 0.581. The highest BCUT2D eigenvalue weighted by molar-refractivity contribution is 7.98. The first kappa shape index (κ1) is 19.0. The number of rotatable bonds is 4. The number of hydrogen-bond donors (Lipinski definition) is 1. The van der Waals surface area contributed by atoms with Crippen molar-refractivity contribution < 1.29 is 0 Å². The van der Waals surface area contributed by atoms with Crippen molar-refractivity contribution >= 4 is 28.4 Å². The van der Waals surface area contributed by atoms with E-state index in [0.717, 1.165) is 36.9 Å². The Bertz CT molecular complexity index is 956. The van der Waals surface area contributed by atoms with Crippen LogP contribution in [0.3, 0.4) is 0 Å². The van der Waals surface area contributed by atoms with E-state index in [-0.39, 0.29) is 0 Å². The van der Waals surface area contributed by atoms with Crippen LogP contribution in [0, 0.1) is 0 Å². The molecule has 2 aromatic carbocycles. The summed E-state index contributed by atoms with van der Waals surface area (Å²) in [5.41, 5.74) is 3.61. The van der Waals surface area contributed by atoms with Gasteiger partial charge in [0.15, 0.2) is 0 Å². The molecule has 29 heavy (non-hydrogen) atoms. The molecule has 0 radical (unpaired) electrons. The van der Waals surface area contributed by atoms with Crippen molar-refractivity contribution in [3.05, 3.63) is 48.5 Å². The van der Waals surface area contributed by atoms with Crippen LogP contribution in [-0.2, 0) is 0 Å². The minimum absolute atomic E-state index is 0.581. The highest BCUT2D eigenvalue weighted by atomic mass is 32.2. The van der Waals surface area contributed by atoms with Crippen LogP contribution in [0.4, 0.5) is 5.69 Å². The predicted molar refractivity (Wildman–Crippen MR) is 122 cm³/mol. The van der Waals surface area contributed by atoms with Gasteiger partial charge in [-0.2, -0.15) is 5.10 Å². The molecule has 2 aliphatic rings. The molecule has 0 aliphatic carbocycles. The molecule has 5 nitrogen and oxygen atoms in total. The van der Waals surface area contributed by atoms with Crippen molar-refractivity contribution in [1.29, 1.82) is 0 Å². The normalized spacial score (nSPS) is 21.0. The van der Waals surface area contributed by atoms with Gasteiger partial charge in [0.05, 0.1) is 17.4 Å². The number of benzene rings is 2. The van der Waals surface area contributed by atoms with Gasteiger partial charge in [0.2, 0.25) is 0 Å². The summed E-state index contributed by atoms with van der Waals surface area (Å²) in [6, 6.07) is 17.3. The standard InChI is InChI=1S/C23H29N5S/c1-29-23-20-11-10-19(17-21(20)28(25-23)18-7-3-2-4-8-18)26-13-15-27(16-14-26)22-9-5-6-12-24-22/h2-4,7-8,10-11,17,22,24H,5-6,9,12-16H2,1H3. The number of piperidine rings is 1. The fraction of sp³-hybridized carbons (Fsp3) is 0.435. The van der Waals surface area contributed by atoms with Crippen molar-refractivity contribution in [2.45, 2.75) is 30.5 Å². The predicted octanol–water partition coefficient (Wildman–Crippen LogP) is 3.97. The Hall–Kier alpha value is -2.02. The Balaban J connectivity index is 1.40. The van der Waals surface area contributed by atoms with E-state index in [4.69, 9.17) is 5.10 Å². The largest absolute Gasteiger partial charge is 0.369 e. The molecular formula is C23H29N5S. The molecule has 2 saturated heterocycles. The quantitative estimate of drug-likeness (QED) is 0.663. The molecule has 5 rings (SSSR count). The van der Waals surface area contributed by atoms with Gasteiger partial charge in [-0.3, -0.25) is 4.90 Å². The minimum Gasteiger partial charge on any atom is -0.369 e. The lowest BCUT2D eigenvalue weighted by Gasteiger charge is -2.41. The third kappa shape index (κ3) is 3.77. The van der Waals surface area contributed by atoms with Gasteiger partial charge in [0, 0.05) is 37.3 Å². The van der Waals surface area contributed by atoms with Crippen molar-refractivity contribution in [2.24, 2.45) is 0 Å². The monoisotopic (exact) mass is 407 g/mol. The summed E-state index contributed by atoms with van der Waals surface area (Å²) >= 11 is 1.71. The molecule has 1 aromatic heterocycles. The number of para-hydroxylation sites is 1. The maximum Gasteiger partial charge on any atom is 0.126 e. The Morgan fingerprint density at radius 1 is 0.966 bits per heavy atom. The first-order valence-corrected chi connectivity index (χ1v) is 11.9. The summed E-state index contributed by atoms with van der Waals surface area (Å²) in [6.45, 7) is 5.59. The van der Waals surface area contributed by atoms with Crippen LogP contribution in [-0.4, -0.2) is 59.8 Å². The highest BCUT2D eigenvalue weighted by Crippen LogP contribution is 2.31. The van der Waals surface area contributed by atoms with Gasteiger partial charge in [-0.25, -0.2) is 4.68 Å². The maximum absolute atomic E-state index is 4.88. The van der Waals surface area contributed by atoms with Crippen molar-refractivity contribution in [2.75, 3.05) is 43.9 Å². The molecule has 0 spiro atoms. The number of piperazine rings is 1. The van der Waals surface area contributed by atoms with Crippen LogP contribution in [0.25, 0.3) is 16.6 Å². The fourth-order valence-electron chi connectivity index (χ4n) is 4.63. The van der Waals surface area contributed by atoms with E-state index in [2.05, 4.69) is 74.6 Å². The molecule has 6 heteroatoms. The Labute approximate surface area is 177 Å². The van der Waals surface area contributed by atoms with Gasteiger partial charge in [0.1, 0.15) is 5.03 Å². The van der Waals surface area contributed by atoms with E-state index >= 15 is 0 Å². The summed E-state index contributed by atoms with van der Waals surface area (Å²) in [7, 11) is 0. The number of aromatic nitrogens is 2. The summed E-state index contributed by atoms with van der Waals surface area (Å²) in [5, 5.41) is 10.9. The Kier molecular flexibility index (Phi) is 5.48. The van der Waals surface area contributed by atoms with Crippen LogP contribution >= 0.6 is 11.8 Å². The number of anilines is 1. The zero-order valence-electron chi connectivity index (χ0n) is 17.1. The molecule has 3 aromatic rings. The van der Waals surface area contributed by atoms with E-state index < -0.39 is 0 Å². The number of thioether (sulfide) groups is 1. The first-order valence-electron chi connectivity index (χ1n) is 10.7. The number of nitrogens with zero attached hydrogens (tertiary/aromatic N) is 4. The molecule has 3 heterocycles. The lowest BCUT2D eigenvalue weighted by atomic mass is 10.1. The van der Waals surface area contributed by atoms with Gasteiger partial charge in [0.25, 0.3) is 0 Å². The van der Waals surface area contributed by atoms with Crippen LogP contribution < -0.4 is 10.2 Å². The molecule has 2 aliphatic heterocycles. The van der Waals surface area contributed by atoms with Gasteiger partial charge in [-0.15, -0.1) is 11.8 Å². The zero-order chi connectivity index (χ0) is 19.6. The second-order valence-electron chi connectivity index (χ2n) is 7.95. The van der Waals surface area contributed by atoms with Gasteiger partial charge < -0.3 is 10.2 Å². The van der Waals surface area contributed by atoms with Gasteiger partial charge >= 0.3 is 0 Å². The second kappa shape index (κ2) is 8.38. The summed E-state index contributed by atoms with van der Waals surface area (Å²) < 4.78 is 2.09. The molecule has 1 unspecified atom stereocenters. The SMILES string of the molecule is CSc1nn(-c2ccccc2)c2cc(N3CCN(C4CCCCN4)CC3)ccc12. The van der Waals surface area contributed by atoms with Crippen LogP contribution in [0.2, 0.25) is 0 Å². The van der Waals surface area contributed by atoms with E-state index in [1.54, 1.807) is 11.8 Å². The summed E-state index contributed by atoms with van der Waals surface area (Å²) in [6.07, 6.45) is 6.65.